The second kappa shape index (κ2) is 6.28. The van der Waals surface area contributed by atoms with E-state index in [-0.39, 0.29) is 11.9 Å². The van der Waals surface area contributed by atoms with Crippen molar-refractivity contribution in [3.8, 4) is 0 Å². The van der Waals surface area contributed by atoms with E-state index in [1.165, 1.54) is 0 Å². The Bertz CT molecular complexity index is 416. The zero-order chi connectivity index (χ0) is 13.7. The van der Waals surface area contributed by atoms with E-state index < -0.39 is 0 Å². The van der Waals surface area contributed by atoms with E-state index in [1.54, 1.807) is 0 Å². The number of nitrogen functional groups attached to an aromatic ring is 1. The molecule has 0 saturated heterocycles. The third-order valence-corrected chi connectivity index (χ3v) is 2.74. The van der Waals surface area contributed by atoms with E-state index in [9.17, 15) is 4.79 Å². The van der Waals surface area contributed by atoms with E-state index in [2.05, 4.69) is 24.5 Å². The predicted molar refractivity (Wildman–Crippen MR) is 76.5 cm³/mol. The van der Waals surface area contributed by atoms with Crippen LogP contribution in [0.1, 0.15) is 26.3 Å². The van der Waals surface area contributed by atoms with Crippen LogP contribution in [0.5, 0.6) is 0 Å². The highest BCUT2D eigenvalue weighted by Crippen LogP contribution is 2.17. The Labute approximate surface area is 109 Å². The smallest absolute Gasteiger partial charge is 0.242 e. The number of aryl methyl sites for hydroxylation is 1. The Balaban J connectivity index is 2.55. The fourth-order valence-electron chi connectivity index (χ4n) is 1.50. The van der Waals surface area contributed by atoms with E-state index in [1.807, 2.05) is 32.0 Å². The summed E-state index contributed by atoms with van der Waals surface area (Å²) in [6.07, 6.45) is 0. The number of rotatable bonds is 5. The van der Waals surface area contributed by atoms with Crippen LogP contribution in [0.2, 0.25) is 0 Å². The Hall–Kier alpha value is -1.71. The van der Waals surface area contributed by atoms with Gasteiger partial charge in [0.25, 0.3) is 0 Å². The molecule has 0 fully saturated rings. The Morgan fingerprint density at radius 1 is 1.33 bits per heavy atom. The molecule has 18 heavy (non-hydrogen) atoms. The predicted octanol–water partition coefficient (Wildman–Crippen LogP) is 2.15. The summed E-state index contributed by atoms with van der Waals surface area (Å²) in [6.45, 7) is 8.63. The molecule has 0 saturated carbocycles. The van der Waals surface area contributed by atoms with E-state index in [0.717, 1.165) is 16.9 Å². The van der Waals surface area contributed by atoms with Gasteiger partial charge in [-0.3, -0.25) is 4.79 Å². The fourth-order valence-corrected chi connectivity index (χ4v) is 1.50. The molecule has 0 aliphatic rings. The number of carbonyl (C=O) groups excluding carboxylic acids is 1. The monoisotopic (exact) mass is 249 g/mol. The third kappa shape index (κ3) is 4.28. The average molecular weight is 249 g/mol. The van der Waals surface area contributed by atoms with Crippen LogP contribution in [-0.4, -0.2) is 18.5 Å². The first-order chi connectivity index (χ1) is 8.40. The van der Waals surface area contributed by atoms with Crippen LogP contribution in [0.15, 0.2) is 18.2 Å². The first-order valence-corrected chi connectivity index (χ1v) is 6.30. The molecule has 1 rings (SSSR count). The summed E-state index contributed by atoms with van der Waals surface area (Å²) < 4.78 is 0. The SMILES string of the molecule is Cc1ccc(NC(C)C(=O)NCC(C)C)cc1N. The number of nitrogens with one attached hydrogen (secondary N) is 2. The van der Waals surface area contributed by atoms with Crippen molar-refractivity contribution < 1.29 is 4.79 Å². The summed E-state index contributed by atoms with van der Waals surface area (Å²) in [6, 6.07) is 5.45. The normalized spacial score (nSPS) is 12.3. The minimum Gasteiger partial charge on any atom is -0.398 e. The molecule has 0 aromatic heterocycles. The zero-order valence-electron chi connectivity index (χ0n) is 11.6. The molecule has 0 spiro atoms. The lowest BCUT2D eigenvalue weighted by atomic mass is 10.1. The van der Waals surface area contributed by atoms with Crippen molar-refractivity contribution in [2.45, 2.75) is 33.7 Å². The van der Waals surface area contributed by atoms with Gasteiger partial charge in [0.05, 0.1) is 0 Å². The van der Waals surface area contributed by atoms with E-state index in [0.29, 0.717) is 12.5 Å². The van der Waals surface area contributed by atoms with E-state index >= 15 is 0 Å². The molecule has 4 heteroatoms. The first-order valence-electron chi connectivity index (χ1n) is 6.30. The van der Waals surface area contributed by atoms with Crippen LogP contribution >= 0.6 is 0 Å². The summed E-state index contributed by atoms with van der Waals surface area (Å²) in [5.74, 6) is 0.457. The van der Waals surface area contributed by atoms with Crippen LogP contribution in [0, 0.1) is 12.8 Å². The van der Waals surface area contributed by atoms with E-state index in [4.69, 9.17) is 5.73 Å². The van der Waals surface area contributed by atoms with Gasteiger partial charge < -0.3 is 16.4 Å². The second-order valence-electron chi connectivity index (χ2n) is 5.08. The van der Waals surface area contributed by atoms with Crippen molar-refractivity contribution in [2.24, 2.45) is 5.92 Å². The molecular weight excluding hydrogens is 226 g/mol. The average Bonchev–Trinajstić information content (AvgIpc) is 2.30. The summed E-state index contributed by atoms with van der Waals surface area (Å²) in [4.78, 5) is 11.8. The zero-order valence-corrected chi connectivity index (χ0v) is 11.6. The van der Waals surface area contributed by atoms with Crippen molar-refractivity contribution in [3.05, 3.63) is 23.8 Å². The molecule has 1 aromatic carbocycles. The standard InChI is InChI=1S/C14H23N3O/c1-9(2)8-16-14(18)11(4)17-12-6-5-10(3)13(15)7-12/h5-7,9,11,17H,8,15H2,1-4H3,(H,16,18). The van der Waals surface area contributed by atoms with Crippen LogP contribution in [0.3, 0.4) is 0 Å². The highest BCUT2D eigenvalue weighted by molar-refractivity contribution is 5.84. The summed E-state index contributed by atoms with van der Waals surface area (Å²) >= 11 is 0. The number of benzene rings is 1. The minimum atomic E-state index is -0.272. The van der Waals surface area contributed by atoms with Gasteiger partial charge in [0.1, 0.15) is 6.04 Å². The van der Waals surface area contributed by atoms with Gasteiger partial charge in [-0.25, -0.2) is 0 Å². The Morgan fingerprint density at radius 2 is 2.00 bits per heavy atom. The second-order valence-corrected chi connectivity index (χ2v) is 5.08. The summed E-state index contributed by atoms with van der Waals surface area (Å²) in [5, 5.41) is 6.04. The van der Waals surface area contributed by atoms with Gasteiger partial charge in [-0.1, -0.05) is 19.9 Å². The number of nitrogens with two attached hydrogens (primary N) is 1. The lowest BCUT2D eigenvalue weighted by Gasteiger charge is -2.16. The fraction of sp³-hybridized carbons (Fsp3) is 0.500. The minimum absolute atomic E-state index is 0.00264. The molecule has 1 amide bonds. The van der Waals surface area contributed by atoms with Crippen LogP contribution in [-0.2, 0) is 4.79 Å². The lowest BCUT2D eigenvalue weighted by Crippen LogP contribution is -2.39. The number of hydrogen-bond donors (Lipinski definition) is 3. The summed E-state index contributed by atoms with van der Waals surface area (Å²) in [5.41, 5.74) is 8.47. The maximum absolute atomic E-state index is 11.8. The molecule has 4 N–H and O–H groups in total. The van der Waals surface area contributed by atoms with Gasteiger partial charge in [-0.05, 0) is 37.5 Å². The molecule has 0 aliphatic carbocycles. The van der Waals surface area contributed by atoms with Gasteiger partial charge in [0.2, 0.25) is 5.91 Å². The number of anilines is 2. The number of amides is 1. The lowest BCUT2D eigenvalue weighted by molar-refractivity contribution is -0.121. The molecule has 100 valence electrons. The Kier molecular flexibility index (Phi) is 5.01. The van der Waals surface area contributed by atoms with Gasteiger partial charge >= 0.3 is 0 Å². The van der Waals surface area contributed by atoms with Crippen LogP contribution in [0.4, 0.5) is 11.4 Å². The van der Waals surface area contributed by atoms with Crippen molar-refractivity contribution in [3.63, 3.8) is 0 Å². The van der Waals surface area contributed by atoms with Crippen molar-refractivity contribution >= 4 is 17.3 Å². The van der Waals surface area contributed by atoms with Crippen molar-refractivity contribution in [1.29, 1.82) is 0 Å². The maximum Gasteiger partial charge on any atom is 0.242 e. The quantitative estimate of drug-likeness (QED) is 0.700. The highest BCUT2D eigenvalue weighted by atomic mass is 16.2. The molecule has 0 aliphatic heterocycles. The topological polar surface area (TPSA) is 67.2 Å². The molecule has 0 bridgehead atoms. The largest absolute Gasteiger partial charge is 0.398 e. The van der Waals surface area contributed by atoms with Gasteiger partial charge in [-0.15, -0.1) is 0 Å². The molecule has 0 heterocycles. The van der Waals surface area contributed by atoms with Crippen LogP contribution < -0.4 is 16.4 Å². The van der Waals surface area contributed by atoms with Gasteiger partial charge in [-0.2, -0.15) is 0 Å². The molecule has 1 unspecified atom stereocenters. The molecule has 4 nitrogen and oxygen atoms in total. The highest BCUT2D eigenvalue weighted by Gasteiger charge is 2.12. The van der Waals surface area contributed by atoms with Crippen LogP contribution in [0.25, 0.3) is 0 Å². The third-order valence-electron chi connectivity index (χ3n) is 2.74. The van der Waals surface area contributed by atoms with Crippen molar-refractivity contribution in [2.75, 3.05) is 17.6 Å². The maximum atomic E-state index is 11.8. The Morgan fingerprint density at radius 3 is 2.56 bits per heavy atom. The summed E-state index contributed by atoms with van der Waals surface area (Å²) in [7, 11) is 0. The van der Waals surface area contributed by atoms with Gasteiger partial charge in [0.15, 0.2) is 0 Å². The first kappa shape index (κ1) is 14.4. The number of carbonyl (C=O) groups is 1. The molecular formula is C14H23N3O. The molecule has 0 radical (unpaired) electrons. The van der Waals surface area contributed by atoms with Gasteiger partial charge in [0, 0.05) is 17.9 Å². The van der Waals surface area contributed by atoms with Crippen molar-refractivity contribution in [1.82, 2.24) is 5.32 Å². The number of hydrogen-bond acceptors (Lipinski definition) is 3. The molecule has 1 atom stereocenters. The molecule has 1 aromatic rings.